The fraction of sp³-hybridized carbons (Fsp3) is 0.217. The molecule has 1 aliphatic rings. The molecular weight excluding hydrogens is 406 g/mol. The fourth-order valence-electron chi connectivity index (χ4n) is 3.76. The monoisotopic (exact) mass is 425 g/mol. The Bertz CT molecular complexity index is 1510. The summed E-state index contributed by atoms with van der Waals surface area (Å²) in [4.78, 5) is 27.3. The van der Waals surface area contributed by atoms with Crippen LogP contribution in [0.5, 0.6) is 0 Å². The highest BCUT2D eigenvalue weighted by atomic mass is 16.3. The first-order chi connectivity index (χ1) is 15.5. The molecule has 1 fully saturated rings. The summed E-state index contributed by atoms with van der Waals surface area (Å²) >= 11 is 0. The molecule has 1 aliphatic carbocycles. The standard InChI is InChI=1S/C23H19N7O2/c1-12-16-9-25-21(28-22(31)13-3-4-13)8-15(16)17(10-24-12)23-27-18-7-14(5-6-20(18)32-23)19-11-26-30(2)29-19/h5-11,13H,3-4H2,1-2H3,(H,25,28,31). The van der Waals surface area contributed by atoms with Crippen LogP contribution in [0.1, 0.15) is 18.5 Å². The molecule has 9 nitrogen and oxygen atoms in total. The van der Waals surface area contributed by atoms with Crippen molar-refractivity contribution < 1.29 is 9.21 Å². The van der Waals surface area contributed by atoms with E-state index in [0.717, 1.165) is 46.1 Å². The van der Waals surface area contributed by atoms with Crippen LogP contribution < -0.4 is 5.32 Å². The van der Waals surface area contributed by atoms with E-state index in [1.807, 2.05) is 31.2 Å². The van der Waals surface area contributed by atoms with Gasteiger partial charge in [-0.15, -0.1) is 0 Å². The van der Waals surface area contributed by atoms with Gasteiger partial charge in [-0.1, -0.05) is 0 Å². The molecular formula is C23H19N7O2. The van der Waals surface area contributed by atoms with E-state index in [0.29, 0.717) is 22.8 Å². The smallest absolute Gasteiger partial charge is 0.229 e. The highest BCUT2D eigenvalue weighted by Gasteiger charge is 2.30. The Balaban J connectivity index is 1.44. The number of oxazole rings is 1. The van der Waals surface area contributed by atoms with Gasteiger partial charge in [-0.05, 0) is 44.0 Å². The second-order valence-corrected chi connectivity index (χ2v) is 8.06. The zero-order chi connectivity index (χ0) is 21.8. The highest BCUT2D eigenvalue weighted by molar-refractivity contribution is 6.00. The second kappa shape index (κ2) is 6.94. The Hall–Kier alpha value is -4.14. The van der Waals surface area contributed by atoms with Crippen molar-refractivity contribution >= 4 is 33.6 Å². The van der Waals surface area contributed by atoms with E-state index in [-0.39, 0.29) is 11.8 Å². The van der Waals surface area contributed by atoms with Crippen LogP contribution in [0.3, 0.4) is 0 Å². The minimum atomic E-state index is 0.0163. The number of hydrogen-bond acceptors (Lipinski definition) is 7. The van der Waals surface area contributed by atoms with Crippen molar-refractivity contribution in [3.05, 3.63) is 48.5 Å². The lowest BCUT2D eigenvalue weighted by Crippen LogP contribution is -2.14. The minimum Gasteiger partial charge on any atom is -0.436 e. The van der Waals surface area contributed by atoms with Crippen molar-refractivity contribution in [2.45, 2.75) is 19.8 Å². The lowest BCUT2D eigenvalue weighted by atomic mass is 10.1. The molecule has 1 N–H and O–H groups in total. The van der Waals surface area contributed by atoms with Crippen molar-refractivity contribution in [2.24, 2.45) is 13.0 Å². The molecule has 0 aliphatic heterocycles. The third kappa shape index (κ3) is 3.18. The molecule has 5 aromatic rings. The zero-order valence-corrected chi connectivity index (χ0v) is 17.5. The molecule has 158 valence electrons. The number of pyridine rings is 2. The third-order valence-electron chi connectivity index (χ3n) is 5.68. The number of carbonyl (C=O) groups is 1. The van der Waals surface area contributed by atoms with E-state index in [9.17, 15) is 4.79 Å². The first-order valence-electron chi connectivity index (χ1n) is 10.4. The van der Waals surface area contributed by atoms with Crippen LogP contribution in [0, 0.1) is 12.8 Å². The SMILES string of the molecule is Cc1ncc(-c2nc3cc(-c4cnn(C)n4)ccc3o2)c2cc(NC(=O)C3CC3)ncc12. The predicted molar refractivity (Wildman–Crippen MR) is 119 cm³/mol. The van der Waals surface area contributed by atoms with Crippen LogP contribution in [0.15, 0.2) is 47.3 Å². The molecule has 6 rings (SSSR count). The van der Waals surface area contributed by atoms with Crippen LogP contribution in [0.25, 0.3) is 44.6 Å². The summed E-state index contributed by atoms with van der Waals surface area (Å²) in [6.07, 6.45) is 7.07. The average molecular weight is 425 g/mol. The van der Waals surface area contributed by atoms with E-state index < -0.39 is 0 Å². The van der Waals surface area contributed by atoms with Crippen LogP contribution in [0.2, 0.25) is 0 Å². The molecule has 0 saturated heterocycles. The van der Waals surface area contributed by atoms with E-state index >= 15 is 0 Å². The van der Waals surface area contributed by atoms with E-state index in [1.54, 1.807) is 25.6 Å². The van der Waals surface area contributed by atoms with Gasteiger partial charge in [0.2, 0.25) is 11.8 Å². The molecule has 4 aromatic heterocycles. The summed E-state index contributed by atoms with van der Waals surface area (Å²) in [6.45, 7) is 1.93. The summed E-state index contributed by atoms with van der Waals surface area (Å²) in [6, 6.07) is 7.60. The number of carbonyl (C=O) groups excluding carboxylic acids is 1. The van der Waals surface area contributed by atoms with Crippen molar-refractivity contribution in [3.8, 4) is 22.7 Å². The Morgan fingerprint density at radius 3 is 2.78 bits per heavy atom. The average Bonchev–Trinajstić information content (AvgIpc) is 3.42. The molecule has 0 atom stereocenters. The molecule has 32 heavy (non-hydrogen) atoms. The minimum absolute atomic E-state index is 0.0163. The maximum atomic E-state index is 12.2. The number of anilines is 1. The summed E-state index contributed by atoms with van der Waals surface area (Å²) in [5.74, 6) is 1.09. The summed E-state index contributed by atoms with van der Waals surface area (Å²) < 4.78 is 6.07. The van der Waals surface area contributed by atoms with Gasteiger partial charge in [-0.25, -0.2) is 9.97 Å². The quantitative estimate of drug-likeness (QED) is 0.465. The van der Waals surface area contributed by atoms with Gasteiger partial charge in [-0.2, -0.15) is 15.0 Å². The third-order valence-corrected chi connectivity index (χ3v) is 5.68. The predicted octanol–water partition coefficient (Wildman–Crippen LogP) is 3.89. The Labute approximate surface area is 182 Å². The summed E-state index contributed by atoms with van der Waals surface area (Å²) in [5.41, 5.74) is 4.64. The molecule has 0 unspecified atom stereocenters. The van der Waals surface area contributed by atoms with Crippen molar-refractivity contribution in [1.29, 1.82) is 0 Å². The Morgan fingerprint density at radius 1 is 1.12 bits per heavy atom. The molecule has 1 saturated carbocycles. The molecule has 1 amide bonds. The maximum absolute atomic E-state index is 12.2. The number of nitrogens with zero attached hydrogens (tertiary/aromatic N) is 6. The number of aromatic nitrogens is 6. The number of fused-ring (bicyclic) bond motifs is 2. The first-order valence-corrected chi connectivity index (χ1v) is 10.4. The van der Waals surface area contributed by atoms with Crippen molar-refractivity contribution in [3.63, 3.8) is 0 Å². The lowest BCUT2D eigenvalue weighted by Gasteiger charge is -2.08. The van der Waals surface area contributed by atoms with E-state index in [4.69, 9.17) is 9.40 Å². The molecule has 9 heteroatoms. The van der Waals surface area contributed by atoms with Gasteiger partial charge in [0.25, 0.3) is 0 Å². The van der Waals surface area contributed by atoms with Crippen LogP contribution in [0.4, 0.5) is 5.82 Å². The number of rotatable bonds is 4. The van der Waals surface area contributed by atoms with Crippen molar-refractivity contribution in [1.82, 2.24) is 29.9 Å². The van der Waals surface area contributed by atoms with Crippen LogP contribution in [-0.4, -0.2) is 35.9 Å². The number of benzene rings is 1. The van der Waals surface area contributed by atoms with Crippen LogP contribution in [-0.2, 0) is 11.8 Å². The topological polar surface area (TPSA) is 112 Å². The van der Waals surface area contributed by atoms with E-state index in [2.05, 4.69) is 25.5 Å². The summed E-state index contributed by atoms with van der Waals surface area (Å²) in [7, 11) is 1.78. The first kappa shape index (κ1) is 18.6. The van der Waals surface area contributed by atoms with Crippen LogP contribution >= 0.6 is 0 Å². The fourth-order valence-corrected chi connectivity index (χ4v) is 3.76. The Kier molecular flexibility index (Phi) is 4.04. The van der Waals surface area contributed by atoms with E-state index in [1.165, 1.54) is 4.80 Å². The highest BCUT2D eigenvalue weighted by Crippen LogP contribution is 2.34. The number of amides is 1. The molecule has 0 spiro atoms. The number of nitrogens with one attached hydrogen (secondary N) is 1. The normalized spacial score (nSPS) is 13.7. The molecule has 0 radical (unpaired) electrons. The zero-order valence-electron chi connectivity index (χ0n) is 17.5. The van der Waals surface area contributed by atoms with Crippen molar-refractivity contribution in [2.75, 3.05) is 5.32 Å². The maximum Gasteiger partial charge on any atom is 0.229 e. The summed E-state index contributed by atoms with van der Waals surface area (Å²) in [5, 5.41) is 13.1. The van der Waals surface area contributed by atoms with Gasteiger partial charge in [0.1, 0.15) is 17.0 Å². The van der Waals surface area contributed by atoms with Gasteiger partial charge >= 0.3 is 0 Å². The molecule has 1 aromatic carbocycles. The van der Waals surface area contributed by atoms with Gasteiger partial charge in [0.05, 0.1) is 11.8 Å². The number of hydrogen-bond donors (Lipinski definition) is 1. The molecule has 4 heterocycles. The van der Waals surface area contributed by atoms with Gasteiger partial charge in [-0.3, -0.25) is 9.78 Å². The van der Waals surface area contributed by atoms with Gasteiger partial charge in [0, 0.05) is 47.4 Å². The second-order valence-electron chi connectivity index (χ2n) is 8.06. The Morgan fingerprint density at radius 2 is 2.00 bits per heavy atom. The van der Waals surface area contributed by atoms with Gasteiger partial charge in [0.15, 0.2) is 5.58 Å². The molecule has 0 bridgehead atoms. The van der Waals surface area contributed by atoms with Gasteiger partial charge < -0.3 is 9.73 Å². The largest absolute Gasteiger partial charge is 0.436 e. The number of aryl methyl sites for hydroxylation is 2. The lowest BCUT2D eigenvalue weighted by molar-refractivity contribution is -0.117.